The van der Waals surface area contributed by atoms with Crippen molar-refractivity contribution in [2.75, 3.05) is 12.1 Å². The number of fused-ring (bicyclic) bond motifs is 1. The van der Waals surface area contributed by atoms with E-state index in [9.17, 15) is 4.79 Å². The van der Waals surface area contributed by atoms with Gasteiger partial charge in [-0.2, -0.15) is 0 Å². The quantitative estimate of drug-likeness (QED) is 0.591. The second-order valence-electron chi connectivity index (χ2n) is 8.81. The summed E-state index contributed by atoms with van der Waals surface area (Å²) in [6.45, 7) is 4.67. The number of hydrogen-bond acceptors (Lipinski definition) is 4. The van der Waals surface area contributed by atoms with Crippen molar-refractivity contribution < 1.29 is 14.3 Å². The van der Waals surface area contributed by atoms with Crippen LogP contribution < -0.4 is 14.8 Å². The number of amides is 1. The molecule has 5 heteroatoms. The van der Waals surface area contributed by atoms with Gasteiger partial charge in [-0.15, -0.1) is 0 Å². The van der Waals surface area contributed by atoms with E-state index in [2.05, 4.69) is 48.4 Å². The molecule has 158 valence electrons. The van der Waals surface area contributed by atoms with E-state index in [0.29, 0.717) is 17.5 Å². The largest absolute Gasteiger partial charge is 0.454 e. The first kappa shape index (κ1) is 19.6. The molecule has 31 heavy (non-hydrogen) atoms. The Morgan fingerprint density at radius 2 is 1.81 bits per heavy atom. The van der Waals surface area contributed by atoms with Crippen LogP contribution in [0.25, 0.3) is 11.3 Å². The molecular weight excluding hydrogens is 388 g/mol. The van der Waals surface area contributed by atoms with Crippen molar-refractivity contribution >= 4 is 11.7 Å². The van der Waals surface area contributed by atoms with Crippen molar-refractivity contribution in [3.8, 4) is 22.8 Å². The summed E-state index contributed by atoms with van der Waals surface area (Å²) in [5.41, 5.74) is 3.66. The molecule has 1 amide bonds. The van der Waals surface area contributed by atoms with E-state index >= 15 is 0 Å². The molecule has 1 N–H and O–H groups in total. The lowest BCUT2D eigenvalue weighted by Crippen LogP contribution is -2.28. The maximum Gasteiger partial charge on any atom is 0.236 e. The second kappa shape index (κ2) is 7.73. The van der Waals surface area contributed by atoms with Crippen molar-refractivity contribution in [3.63, 3.8) is 0 Å². The molecule has 0 saturated heterocycles. The zero-order chi connectivity index (χ0) is 21.4. The predicted octanol–water partition coefficient (Wildman–Crippen LogP) is 5.35. The molecule has 5 rings (SSSR count). The number of ether oxygens (including phenoxy) is 2. The van der Waals surface area contributed by atoms with E-state index in [-0.39, 0.29) is 12.7 Å². The molecular formula is C26H26N2O3. The van der Waals surface area contributed by atoms with Crippen LogP contribution in [0.15, 0.2) is 60.7 Å². The molecule has 3 aromatic rings. The van der Waals surface area contributed by atoms with E-state index in [1.807, 2.05) is 36.4 Å². The number of nitrogens with one attached hydrogen (secondary N) is 1. The summed E-state index contributed by atoms with van der Waals surface area (Å²) in [5.74, 6) is 2.61. The number of aromatic nitrogens is 1. The molecule has 0 unspecified atom stereocenters. The van der Waals surface area contributed by atoms with Crippen molar-refractivity contribution in [2.45, 2.75) is 38.5 Å². The maximum absolute atomic E-state index is 13.2. The van der Waals surface area contributed by atoms with Gasteiger partial charge in [-0.1, -0.05) is 50.2 Å². The van der Waals surface area contributed by atoms with Gasteiger partial charge in [0, 0.05) is 5.56 Å². The summed E-state index contributed by atoms with van der Waals surface area (Å²) in [4.78, 5) is 17.9. The second-order valence-corrected chi connectivity index (χ2v) is 8.81. The Morgan fingerprint density at radius 3 is 2.55 bits per heavy atom. The van der Waals surface area contributed by atoms with Crippen LogP contribution in [-0.4, -0.2) is 17.7 Å². The van der Waals surface area contributed by atoms with Gasteiger partial charge in [-0.25, -0.2) is 4.98 Å². The zero-order valence-corrected chi connectivity index (χ0v) is 17.9. The van der Waals surface area contributed by atoms with Crippen LogP contribution in [0.1, 0.15) is 37.8 Å². The summed E-state index contributed by atoms with van der Waals surface area (Å²) in [6.07, 6.45) is 2.69. The number of rotatable bonds is 6. The Bertz CT molecular complexity index is 1120. The molecule has 1 aromatic heterocycles. The Balaban J connectivity index is 1.33. The van der Waals surface area contributed by atoms with Gasteiger partial charge in [0.15, 0.2) is 11.5 Å². The number of pyridine rings is 1. The number of carbonyl (C=O) groups is 1. The number of anilines is 1. The minimum atomic E-state index is -0.517. The standard InChI is InChI=1S/C26H26N2O3/c1-17(2)14-18-6-8-19(9-7-18)21-4-3-5-24(27-21)28-25(29)26(12-13-26)20-10-11-22-23(15-20)31-16-30-22/h3-11,15,17H,12-14,16H2,1-2H3,(H,27,28,29). The Hall–Kier alpha value is -3.34. The molecule has 2 aliphatic rings. The van der Waals surface area contributed by atoms with E-state index < -0.39 is 5.41 Å². The lowest BCUT2D eigenvalue weighted by molar-refractivity contribution is -0.118. The van der Waals surface area contributed by atoms with Crippen LogP contribution in [0.5, 0.6) is 11.5 Å². The lowest BCUT2D eigenvalue weighted by Gasteiger charge is -2.16. The zero-order valence-electron chi connectivity index (χ0n) is 17.9. The summed E-state index contributed by atoms with van der Waals surface area (Å²) >= 11 is 0. The maximum atomic E-state index is 13.2. The first-order valence-electron chi connectivity index (χ1n) is 10.8. The molecule has 5 nitrogen and oxygen atoms in total. The number of nitrogens with zero attached hydrogens (tertiary/aromatic N) is 1. The third-order valence-corrected chi connectivity index (χ3v) is 5.99. The molecule has 0 bridgehead atoms. The molecule has 0 atom stereocenters. The normalized spacial score (nSPS) is 15.7. The van der Waals surface area contributed by atoms with Crippen LogP contribution in [-0.2, 0) is 16.6 Å². The Labute approximate surface area is 182 Å². The number of benzene rings is 2. The number of hydrogen-bond donors (Lipinski definition) is 1. The molecule has 0 spiro atoms. The van der Waals surface area contributed by atoms with Crippen LogP contribution in [0, 0.1) is 5.92 Å². The molecule has 1 aliphatic carbocycles. The minimum Gasteiger partial charge on any atom is -0.454 e. The van der Waals surface area contributed by atoms with Gasteiger partial charge in [-0.3, -0.25) is 4.79 Å². The minimum absolute atomic E-state index is 0.0247. The van der Waals surface area contributed by atoms with Crippen molar-refractivity contribution in [2.24, 2.45) is 5.92 Å². The topological polar surface area (TPSA) is 60.5 Å². The van der Waals surface area contributed by atoms with Crippen LogP contribution in [0.2, 0.25) is 0 Å². The molecule has 1 aliphatic heterocycles. The average molecular weight is 415 g/mol. The van der Waals surface area contributed by atoms with Gasteiger partial charge >= 0.3 is 0 Å². The Morgan fingerprint density at radius 1 is 1.03 bits per heavy atom. The Kier molecular flexibility index (Phi) is 4.89. The smallest absolute Gasteiger partial charge is 0.236 e. The average Bonchev–Trinajstić information content (AvgIpc) is 3.45. The first-order valence-corrected chi connectivity index (χ1v) is 10.8. The molecule has 0 radical (unpaired) electrons. The fraction of sp³-hybridized carbons (Fsp3) is 0.308. The molecule has 2 aromatic carbocycles. The van der Waals surface area contributed by atoms with Gasteiger partial charge in [0.2, 0.25) is 12.7 Å². The highest BCUT2D eigenvalue weighted by Crippen LogP contribution is 2.51. The molecule has 2 heterocycles. The van der Waals surface area contributed by atoms with Crippen molar-refractivity contribution in [1.29, 1.82) is 0 Å². The summed E-state index contributed by atoms with van der Waals surface area (Å²) < 4.78 is 10.9. The monoisotopic (exact) mass is 414 g/mol. The van der Waals surface area contributed by atoms with Crippen molar-refractivity contribution in [1.82, 2.24) is 4.98 Å². The third kappa shape index (κ3) is 3.88. The van der Waals surface area contributed by atoms with Gasteiger partial charge in [0.1, 0.15) is 5.82 Å². The van der Waals surface area contributed by atoms with Gasteiger partial charge in [0.05, 0.1) is 11.1 Å². The van der Waals surface area contributed by atoms with Crippen LogP contribution in [0.4, 0.5) is 5.82 Å². The lowest BCUT2D eigenvalue weighted by atomic mass is 9.94. The first-order chi connectivity index (χ1) is 15.0. The van der Waals surface area contributed by atoms with E-state index in [0.717, 1.165) is 41.8 Å². The fourth-order valence-electron chi connectivity index (χ4n) is 4.15. The van der Waals surface area contributed by atoms with Crippen LogP contribution in [0.3, 0.4) is 0 Å². The van der Waals surface area contributed by atoms with Crippen molar-refractivity contribution in [3.05, 3.63) is 71.8 Å². The summed E-state index contributed by atoms with van der Waals surface area (Å²) in [7, 11) is 0. The molecule has 1 fully saturated rings. The van der Waals surface area contributed by atoms with E-state index in [1.54, 1.807) is 0 Å². The fourth-order valence-corrected chi connectivity index (χ4v) is 4.15. The molecule has 1 saturated carbocycles. The van der Waals surface area contributed by atoms with Crippen LogP contribution >= 0.6 is 0 Å². The van der Waals surface area contributed by atoms with Gasteiger partial charge < -0.3 is 14.8 Å². The SMILES string of the molecule is CC(C)Cc1ccc(-c2cccc(NC(=O)C3(c4ccc5c(c4)OCO5)CC3)n2)cc1. The summed E-state index contributed by atoms with van der Waals surface area (Å²) in [6, 6.07) is 20.0. The van der Waals surface area contributed by atoms with E-state index in [4.69, 9.17) is 9.47 Å². The highest BCUT2D eigenvalue weighted by atomic mass is 16.7. The van der Waals surface area contributed by atoms with Gasteiger partial charge in [-0.05, 0) is 60.6 Å². The summed E-state index contributed by atoms with van der Waals surface area (Å²) in [5, 5.41) is 3.04. The predicted molar refractivity (Wildman–Crippen MR) is 120 cm³/mol. The third-order valence-electron chi connectivity index (χ3n) is 5.99. The highest BCUT2D eigenvalue weighted by Gasteiger charge is 2.51. The highest BCUT2D eigenvalue weighted by molar-refractivity contribution is 6.01. The van der Waals surface area contributed by atoms with E-state index in [1.165, 1.54) is 5.56 Å². The number of carbonyl (C=O) groups excluding carboxylic acids is 1. The van der Waals surface area contributed by atoms with Gasteiger partial charge in [0.25, 0.3) is 0 Å².